The van der Waals surface area contributed by atoms with E-state index in [4.69, 9.17) is 24.1 Å². The molecule has 0 radical (unpaired) electrons. The van der Waals surface area contributed by atoms with Gasteiger partial charge >= 0.3 is 18.3 Å². The van der Waals surface area contributed by atoms with Gasteiger partial charge in [-0.3, -0.25) is 19.3 Å². The van der Waals surface area contributed by atoms with Gasteiger partial charge in [0.25, 0.3) is 11.8 Å². The smallest absolute Gasteiger partial charge is 0.490 e. The summed E-state index contributed by atoms with van der Waals surface area (Å²) in [7, 11) is 0. The van der Waals surface area contributed by atoms with Crippen molar-refractivity contribution in [3.8, 4) is 11.5 Å². The number of hydrogen-bond donors (Lipinski definition) is 5. The van der Waals surface area contributed by atoms with E-state index in [-0.39, 0.29) is 49.9 Å². The molecule has 6 rings (SSSR count). The zero-order valence-corrected chi connectivity index (χ0v) is 35.5. The van der Waals surface area contributed by atoms with Crippen molar-refractivity contribution >= 4 is 29.4 Å². The maximum Gasteiger partial charge on any atom is 0.490 e. The van der Waals surface area contributed by atoms with Gasteiger partial charge in [-0.05, 0) is 67.8 Å². The van der Waals surface area contributed by atoms with Gasteiger partial charge in [-0.25, -0.2) is 4.79 Å². The van der Waals surface area contributed by atoms with Crippen molar-refractivity contribution < 1.29 is 75.1 Å². The van der Waals surface area contributed by atoms with Crippen LogP contribution in [-0.4, -0.2) is 156 Å². The fourth-order valence-corrected chi connectivity index (χ4v) is 8.37. The molecule has 1 saturated carbocycles. The molecule has 3 heterocycles. The zero-order valence-electron chi connectivity index (χ0n) is 35.5. The van der Waals surface area contributed by atoms with E-state index in [2.05, 4.69) is 33.7 Å². The SMILES string of the molecule is O=C(O)C(F)(F)F.O=C1COc2c(CCNCCN(C(=O)CCOCCc3cccc(CN4CCC5(CC4)CN(C(=O)C(O)C(F)(F)F)CCO5)c3)C3CCCCC3)ccc(O)c2N1. The minimum Gasteiger partial charge on any atom is -0.506 e. The Bertz CT molecular complexity index is 1890. The molecule has 1 unspecified atom stereocenters. The Balaban J connectivity index is 0.00000102. The van der Waals surface area contributed by atoms with Crippen LogP contribution in [0.1, 0.15) is 68.1 Å². The fraction of sp³-hybridized carbons (Fsp3) is 0.628. The third-order valence-electron chi connectivity index (χ3n) is 11.8. The van der Waals surface area contributed by atoms with Crippen molar-refractivity contribution in [2.75, 3.05) is 77.6 Å². The second-order valence-electron chi connectivity index (χ2n) is 16.4. The van der Waals surface area contributed by atoms with Crippen molar-refractivity contribution in [1.82, 2.24) is 20.0 Å². The van der Waals surface area contributed by atoms with Crippen LogP contribution in [0.15, 0.2) is 36.4 Å². The first-order valence-electron chi connectivity index (χ1n) is 21.5. The normalized spacial score (nSPS) is 18.5. The summed E-state index contributed by atoms with van der Waals surface area (Å²) in [5.74, 6) is -3.81. The van der Waals surface area contributed by atoms with E-state index >= 15 is 0 Å². The van der Waals surface area contributed by atoms with Crippen LogP contribution in [0.5, 0.6) is 11.5 Å². The predicted molar refractivity (Wildman–Crippen MR) is 218 cm³/mol. The second kappa shape index (κ2) is 23.0. The summed E-state index contributed by atoms with van der Waals surface area (Å²) >= 11 is 0. The van der Waals surface area contributed by atoms with Crippen LogP contribution in [0.4, 0.5) is 32.0 Å². The summed E-state index contributed by atoms with van der Waals surface area (Å²) in [6.07, 6.45) is -4.86. The molecule has 3 fully saturated rings. The molecular weight excluding hydrogens is 860 g/mol. The van der Waals surface area contributed by atoms with Crippen LogP contribution in [0, 0.1) is 0 Å². The molecule has 64 heavy (non-hydrogen) atoms. The van der Waals surface area contributed by atoms with Gasteiger partial charge in [-0.1, -0.05) is 49.6 Å². The summed E-state index contributed by atoms with van der Waals surface area (Å²) in [4.78, 5) is 51.8. The van der Waals surface area contributed by atoms with Gasteiger partial charge in [0.2, 0.25) is 12.0 Å². The molecule has 2 aromatic rings. The number of benzene rings is 2. The minimum atomic E-state index is -5.08. The summed E-state index contributed by atoms with van der Waals surface area (Å²) in [5.41, 5.74) is 2.74. The fourth-order valence-electron chi connectivity index (χ4n) is 8.37. The number of aliphatic carboxylic acids is 1. The number of fused-ring (bicyclic) bond motifs is 1. The van der Waals surface area contributed by atoms with E-state index < -0.39 is 35.9 Å². The highest BCUT2D eigenvalue weighted by Gasteiger charge is 2.48. The molecule has 356 valence electrons. The van der Waals surface area contributed by atoms with Gasteiger partial charge in [0.05, 0.1) is 31.8 Å². The van der Waals surface area contributed by atoms with Crippen LogP contribution in [-0.2, 0) is 48.0 Å². The second-order valence-corrected chi connectivity index (χ2v) is 16.4. The van der Waals surface area contributed by atoms with Gasteiger partial charge in [0.15, 0.2) is 12.4 Å². The standard InChI is InChI=1S/C41H56F3N5O8.C2HF3O2/c42-41(43,44)38(53)39(54)48-21-24-57-40(28-48)14-18-47(19-15-40)26-30-6-4-5-29(25-30)12-22-55-23-13-35(52)49(32-7-2-1-3-8-32)20-17-45-16-11-31-9-10-33(50)36-37(31)56-27-34(51)46-36;3-2(4,5)1(6)7/h4-6,9-10,25,32,38,45,50,53H,1-3,7-8,11-24,26-28H2,(H,46,51);(H,6,7). The summed E-state index contributed by atoms with van der Waals surface area (Å²) in [6, 6.07) is 11.9. The van der Waals surface area contributed by atoms with E-state index in [1.165, 1.54) is 6.42 Å². The molecule has 5 N–H and O–H groups in total. The number of ether oxygens (including phenoxy) is 3. The zero-order chi connectivity index (χ0) is 46.5. The molecule has 2 aromatic carbocycles. The Morgan fingerprint density at radius 2 is 1.67 bits per heavy atom. The Morgan fingerprint density at radius 1 is 0.969 bits per heavy atom. The first-order valence-corrected chi connectivity index (χ1v) is 21.5. The number of aliphatic hydroxyl groups excluding tert-OH is 1. The van der Waals surface area contributed by atoms with Crippen LogP contribution in [0.3, 0.4) is 0 Å². The number of alkyl halides is 6. The van der Waals surface area contributed by atoms with Crippen LogP contribution in [0.2, 0.25) is 0 Å². The van der Waals surface area contributed by atoms with Crippen LogP contribution < -0.4 is 15.4 Å². The molecule has 3 amide bonds. The minimum absolute atomic E-state index is 0.0231. The molecule has 1 atom stereocenters. The van der Waals surface area contributed by atoms with Gasteiger partial charge in [-0.2, -0.15) is 26.3 Å². The van der Waals surface area contributed by atoms with E-state index in [1.54, 1.807) is 12.1 Å². The molecule has 0 bridgehead atoms. The number of phenolic OH excluding ortho intramolecular Hbond substituents is 1. The topological polar surface area (TPSA) is 190 Å². The van der Waals surface area contributed by atoms with E-state index in [0.717, 1.165) is 47.3 Å². The quantitative estimate of drug-likeness (QED) is 0.0908. The average molecular weight is 918 g/mol. The predicted octanol–water partition coefficient (Wildman–Crippen LogP) is 4.42. The first-order chi connectivity index (χ1) is 30.3. The molecule has 0 aromatic heterocycles. The molecule has 2 saturated heterocycles. The lowest BCUT2D eigenvalue weighted by Gasteiger charge is -2.47. The van der Waals surface area contributed by atoms with Gasteiger partial charge in [0, 0.05) is 51.9 Å². The Labute approximate surface area is 367 Å². The number of nitrogens with one attached hydrogen (secondary N) is 2. The Kier molecular flexibility index (Phi) is 18.0. The number of phenols is 1. The number of anilines is 1. The molecule has 3 aliphatic heterocycles. The summed E-state index contributed by atoms with van der Waals surface area (Å²) < 4.78 is 88.2. The number of amides is 3. The molecule has 1 spiro atoms. The molecule has 1 aliphatic carbocycles. The number of nitrogens with zero attached hydrogens (tertiary/aromatic N) is 3. The lowest BCUT2D eigenvalue weighted by molar-refractivity contribution is -0.217. The number of likely N-dealkylation sites (tertiary alicyclic amines) is 1. The third-order valence-corrected chi connectivity index (χ3v) is 11.8. The number of hydrogen-bond acceptors (Lipinski definition) is 11. The molecule has 15 nitrogen and oxygen atoms in total. The van der Waals surface area contributed by atoms with Gasteiger partial charge < -0.3 is 50.0 Å². The van der Waals surface area contributed by atoms with Crippen molar-refractivity contribution in [3.05, 3.63) is 53.1 Å². The maximum absolute atomic E-state index is 13.5. The van der Waals surface area contributed by atoms with Crippen molar-refractivity contribution in [1.29, 1.82) is 0 Å². The van der Waals surface area contributed by atoms with Crippen LogP contribution >= 0.6 is 0 Å². The number of piperidine rings is 1. The highest BCUT2D eigenvalue weighted by molar-refractivity contribution is 5.97. The molecule has 4 aliphatic rings. The third kappa shape index (κ3) is 14.7. The summed E-state index contributed by atoms with van der Waals surface area (Å²) in [5, 5.41) is 32.9. The van der Waals surface area contributed by atoms with Crippen LogP contribution in [0.25, 0.3) is 0 Å². The number of morpholine rings is 1. The molecule has 21 heteroatoms. The Morgan fingerprint density at radius 3 is 2.36 bits per heavy atom. The van der Waals surface area contributed by atoms with E-state index in [1.807, 2.05) is 11.0 Å². The van der Waals surface area contributed by atoms with E-state index in [9.17, 15) is 50.9 Å². The molecular formula is C43H57F6N5O10. The van der Waals surface area contributed by atoms with Gasteiger partial charge in [0.1, 0.15) is 11.4 Å². The number of carboxylic acid groups (broad SMARTS) is 1. The van der Waals surface area contributed by atoms with Gasteiger partial charge in [-0.15, -0.1) is 0 Å². The number of halogens is 6. The number of rotatable bonds is 16. The number of carboxylic acids is 1. The number of carbonyl (C=O) groups excluding carboxylic acids is 3. The monoisotopic (exact) mass is 917 g/mol. The lowest BCUT2D eigenvalue weighted by atomic mass is 9.89. The highest BCUT2D eigenvalue weighted by Crippen LogP contribution is 2.39. The number of aromatic hydroxyl groups is 1. The van der Waals surface area contributed by atoms with Crippen molar-refractivity contribution in [2.45, 2.75) is 101 Å². The lowest BCUT2D eigenvalue weighted by Crippen LogP contribution is -2.60. The van der Waals surface area contributed by atoms with Crippen molar-refractivity contribution in [2.24, 2.45) is 0 Å². The number of aliphatic hydroxyl groups is 1. The Hall–Kier alpha value is -4.70. The highest BCUT2D eigenvalue weighted by atomic mass is 19.4. The average Bonchev–Trinajstić information content (AvgIpc) is 3.26. The van der Waals surface area contributed by atoms with Crippen molar-refractivity contribution in [3.63, 3.8) is 0 Å². The first kappa shape index (κ1) is 50.3. The summed E-state index contributed by atoms with van der Waals surface area (Å²) in [6.45, 7) is 4.85. The maximum atomic E-state index is 13.5. The van der Waals surface area contributed by atoms with E-state index in [0.29, 0.717) is 96.0 Å². The largest absolute Gasteiger partial charge is 0.506 e. The number of carbonyl (C=O) groups is 4.